The zero-order valence-electron chi connectivity index (χ0n) is 13.9. The van der Waals surface area contributed by atoms with E-state index in [-0.39, 0.29) is 4.90 Å². The molecule has 130 valence electrons. The molecule has 0 fully saturated rings. The molecule has 0 aromatic carbocycles. The maximum atomic E-state index is 12.5. The van der Waals surface area contributed by atoms with E-state index in [1.807, 2.05) is 0 Å². The second-order valence-corrected chi connectivity index (χ2v) is 7.08. The average Bonchev–Trinajstić information content (AvgIpc) is 2.74. The number of hydrogen-bond acceptors (Lipinski definition) is 6. The first-order valence-electron chi connectivity index (χ1n) is 7.16. The van der Waals surface area contributed by atoms with Crippen LogP contribution in [0.5, 0.6) is 0 Å². The van der Waals surface area contributed by atoms with Crippen molar-refractivity contribution in [3.8, 4) is 0 Å². The normalized spacial score (nSPS) is 12.8. The van der Waals surface area contributed by atoms with Gasteiger partial charge < -0.3 is 11.1 Å². The largest absolute Gasteiger partial charge is 0.384 e. The minimum absolute atomic E-state index is 0.0822. The van der Waals surface area contributed by atoms with Crippen molar-refractivity contribution in [2.75, 3.05) is 11.1 Å². The maximum Gasteiger partial charge on any atom is 0.244 e. The smallest absolute Gasteiger partial charge is 0.244 e. The van der Waals surface area contributed by atoms with Gasteiger partial charge in [0.2, 0.25) is 15.9 Å². The Hall–Kier alpha value is -2.46. The molecule has 1 unspecified atom stereocenters. The molecule has 0 saturated carbocycles. The Morgan fingerprint density at radius 3 is 2.50 bits per heavy atom. The number of nitrogens with two attached hydrogens (primary N) is 1. The van der Waals surface area contributed by atoms with Crippen LogP contribution < -0.4 is 15.8 Å². The first-order chi connectivity index (χ1) is 11.1. The van der Waals surface area contributed by atoms with Gasteiger partial charge in [-0.05, 0) is 32.9 Å². The third kappa shape index (κ3) is 3.71. The molecule has 24 heavy (non-hydrogen) atoms. The number of hydrogen-bond donors (Lipinski definition) is 3. The predicted octanol–water partition coefficient (Wildman–Crippen LogP) is 0.320. The summed E-state index contributed by atoms with van der Waals surface area (Å²) < 4.78 is 28.9. The number of sulfonamides is 1. The molecule has 2 rings (SSSR count). The first-order valence-corrected chi connectivity index (χ1v) is 8.65. The number of amides is 1. The number of carbonyl (C=O) groups excluding carboxylic acids is 1. The van der Waals surface area contributed by atoms with E-state index in [4.69, 9.17) is 5.73 Å². The third-order valence-electron chi connectivity index (χ3n) is 3.49. The molecule has 2 aromatic heterocycles. The van der Waals surface area contributed by atoms with Crippen molar-refractivity contribution in [1.82, 2.24) is 19.5 Å². The molecule has 2 aromatic rings. The van der Waals surface area contributed by atoms with Crippen LogP contribution >= 0.6 is 0 Å². The highest BCUT2D eigenvalue weighted by Crippen LogP contribution is 2.18. The van der Waals surface area contributed by atoms with Gasteiger partial charge in [-0.25, -0.2) is 13.4 Å². The number of pyridine rings is 1. The molecule has 0 radical (unpaired) electrons. The summed E-state index contributed by atoms with van der Waals surface area (Å²) in [6, 6.07) is 2.13. The van der Waals surface area contributed by atoms with Gasteiger partial charge in [-0.1, -0.05) is 0 Å². The standard InChI is InChI=1S/C14H20N6O3S/c1-8-13(10(3)20(4)18-8)24(22,23)19-9(2)14(21)17-11-5-6-12(15)16-7-11/h5-7,9,19H,1-4H3,(H2,15,16)(H,17,21). The van der Waals surface area contributed by atoms with E-state index >= 15 is 0 Å². The number of anilines is 2. The number of carbonyl (C=O) groups is 1. The topological polar surface area (TPSA) is 132 Å². The van der Waals surface area contributed by atoms with Crippen molar-refractivity contribution in [2.24, 2.45) is 7.05 Å². The third-order valence-corrected chi connectivity index (χ3v) is 5.28. The lowest BCUT2D eigenvalue weighted by Crippen LogP contribution is -2.41. The van der Waals surface area contributed by atoms with Crippen molar-refractivity contribution >= 4 is 27.4 Å². The van der Waals surface area contributed by atoms with Crippen LogP contribution in [0.2, 0.25) is 0 Å². The summed E-state index contributed by atoms with van der Waals surface area (Å²) in [4.78, 5) is 16.1. The van der Waals surface area contributed by atoms with E-state index in [2.05, 4.69) is 20.1 Å². The monoisotopic (exact) mass is 352 g/mol. The minimum atomic E-state index is -3.87. The van der Waals surface area contributed by atoms with E-state index in [1.165, 1.54) is 23.9 Å². The summed E-state index contributed by atoms with van der Waals surface area (Å²) in [6.45, 7) is 4.71. The number of nitrogens with zero attached hydrogens (tertiary/aromatic N) is 3. The van der Waals surface area contributed by atoms with Gasteiger partial charge in [0.15, 0.2) is 0 Å². The summed E-state index contributed by atoms with van der Waals surface area (Å²) in [5.74, 6) is -0.186. The minimum Gasteiger partial charge on any atom is -0.384 e. The Morgan fingerprint density at radius 2 is 2.00 bits per heavy atom. The second-order valence-electron chi connectivity index (χ2n) is 5.43. The van der Waals surface area contributed by atoms with Crippen molar-refractivity contribution in [3.05, 3.63) is 29.7 Å². The molecular weight excluding hydrogens is 332 g/mol. The number of aromatic nitrogens is 3. The lowest BCUT2D eigenvalue weighted by atomic mass is 10.3. The van der Waals surface area contributed by atoms with Crippen molar-refractivity contribution in [2.45, 2.75) is 31.7 Å². The molecule has 0 aliphatic heterocycles. The molecule has 0 aliphatic carbocycles. The molecule has 1 amide bonds. The molecule has 9 nitrogen and oxygen atoms in total. The summed E-state index contributed by atoms with van der Waals surface area (Å²) in [5, 5.41) is 6.65. The van der Waals surface area contributed by atoms with Gasteiger partial charge in [-0.15, -0.1) is 0 Å². The van der Waals surface area contributed by atoms with Crippen molar-refractivity contribution in [1.29, 1.82) is 0 Å². The molecular formula is C14H20N6O3S. The fraction of sp³-hybridized carbons (Fsp3) is 0.357. The van der Waals surface area contributed by atoms with Gasteiger partial charge in [-0.2, -0.15) is 9.82 Å². The Bertz CT molecular complexity index is 857. The van der Waals surface area contributed by atoms with Crippen LogP contribution in [0, 0.1) is 13.8 Å². The molecule has 1 atom stereocenters. The zero-order valence-corrected chi connectivity index (χ0v) is 14.7. The molecule has 2 heterocycles. The van der Waals surface area contributed by atoms with Crippen LogP contribution in [-0.4, -0.2) is 35.1 Å². The van der Waals surface area contributed by atoms with Crippen molar-refractivity contribution < 1.29 is 13.2 Å². The highest BCUT2D eigenvalue weighted by atomic mass is 32.2. The van der Waals surface area contributed by atoms with Gasteiger partial charge >= 0.3 is 0 Å². The Balaban J connectivity index is 2.14. The molecule has 4 N–H and O–H groups in total. The summed E-state index contributed by atoms with van der Waals surface area (Å²) in [5.41, 5.74) is 6.77. The van der Waals surface area contributed by atoms with Gasteiger partial charge in [-0.3, -0.25) is 9.48 Å². The van der Waals surface area contributed by atoms with Crippen LogP contribution in [-0.2, 0) is 21.9 Å². The molecule has 0 spiro atoms. The lowest BCUT2D eigenvalue weighted by molar-refractivity contribution is -0.117. The number of aryl methyl sites for hydroxylation is 2. The van der Waals surface area contributed by atoms with Crippen LogP contribution in [0.3, 0.4) is 0 Å². The Morgan fingerprint density at radius 1 is 1.33 bits per heavy atom. The van der Waals surface area contributed by atoms with E-state index in [0.717, 1.165) is 0 Å². The molecule has 0 bridgehead atoms. The van der Waals surface area contributed by atoms with Gasteiger partial charge in [0.25, 0.3) is 0 Å². The predicted molar refractivity (Wildman–Crippen MR) is 89.7 cm³/mol. The van der Waals surface area contributed by atoms with Crippen molar-refractivity contribution in [3.63, 3.8) is 0 Å². The summed E-state index contributed by atoms with van der Waals surface area (Å²) in [7, 11) is -2.22. The van der Waals surface area contributed by atoms with Gasteiger partial charge in [0.05, 0.1) is 29.3 Å². The zero-order chi connectivity index (χ0) is 18.1. The van der Waals surface area contributed by atoms with E-state index in [9.17, 15) is 13.2 Å². The van der Waals surface area contributed by atoms with E-state index in [1.54, 1.807) is 27.0 Å². The molecule has 10 heteroatoms. The van der Waals surface area contributed by atoms with E-state index in [0.29, 0.717) is 22.9 Å². The molecule has 0 aliphatic rings. The van der Waals surface area contributed by atoms with Crippen LogP contribution in [0.25, 0.3) is 0 Å². The SMILES string of the molecule is Cc1nn(C)c(C)c1S(=O)(=O)NC(C)C(=O)Nc1ccc(N)nc1. The van der Waals surface area contributed by atoms with Gasteiger partial charge in [0.1, 0.15) is 10.7 Å². The Labute approximate surface area is 140 Å². The van der Waals surface area contributed by atoms with Crippen LogP contribution in [0.4, 0.5) is 11.5 Å². The lowest BCUT2D eigenvalue weighted by Gasteiger charge is -2.14. The summed E-state index contributed by atoms with van der Waals surface area (Å²) in [6.07, 6.45) is 1.39. The highest BCUT2D eigenvalue weighted by molar-refractivity contribution is 7.89. The fourth-order valence-electron chi connectivity index (χ4n) is 2.22. The highest BCUT2D eigenvalue weighted by Gasteiger charge is 2.27. The first kappa shape index (κ1) is 17.9. The van der Waals surface area contributed by atoms with Crippen LogP contribution in [0.1, 0.15) is 18.3 Å². The maximum absolute atomic E-state index is 12.5. The summed E-state index contributed by atoms with van der Waals surface area (Å²) >= 11 is 0. The average molecular weight is 352 g/mol. The Kier molecular flexibility index (Phi) is 4.90. The fourth-order valence-corrected chi connectivity index (χ4v) is 3.86. The number of nitrogens with one attached hydrogen (secondary N) is 2. The van der Waals surface area contributed by atoms with E-state index < -0.39 is 22.0 Å². The number of nitrogen functional groups attached to an aromatic ring is 1. The van der Waals surface area contributed by atoms with Crippen LogP contribution in [0.15, 0.2) is 23.2 Å². The second kappa shape index (κ2) is 6.57. The number of rotatable bonds is 5. The molecule has 0 saturated heterocycles. The quantitative estimate of drug-likeness (QED) is 0.710. The van der Waals surface area contributed by atoms with Gasteiger partial charge in [0, 0.05) is 7.05 Å².